The van der Waals surface area contributed by atoms with E-state index in [1.807, 2.05) is 11.0 Å². The van der Waals surface area contributed by atoms with E-state index < -0.39 is 6.10 Å². The first-order valence-corrected chi connectivity index (χ1v) is 9.58. The fraction of sp³-hybridized carbons (Fsp3) is 0.364. The molecule has 2 aromatic carbocycles. The molecule has 0 bridgehead atoms. The minimum Gasteiger partial charge on any atom is -0.497 e. The van der Waals surface area contributed by atoms with Crippen LogP contribution in [0.25, 0.3) is 0 Å². The van der Waals surface area contributed by atoms with Gasteiger partial charge in [0, 0.05) is 13.1 Å². The molecule has 0 radical (unpaired) electrons. The SMILES string of the molecule is COc1ccc(OC(C)C(=O)Nc2ccccc2C(=O)N2CCCCC2)cc1. The van der Waals surface area contributed by atoms with E-state index in [1.54, 1.807) is 56.5 Å². The summed E-state index contributed by atoms with van der Waals surface area (Å²) in [5.41, 5.74) is 1.02. The van der Waals surface area contributed by atoms with Crippen LogP contribution in [0.15, 0.2) is 48.5 Å². The predicted octanol–water partition coefficient (Wildman–Crippen LogP) is 3.73. The maximum absolute atomic E-state index is 12.9. The Morgan fingerprint density at radius 3 is 2.29 bits per heavy atom. The lowest BCUT2D eigenvalue weighted by Gasteiger charge is -2.27. The smallest absolute Gasteiger partial charge is 0.265 e. The zero-order chi connectivity index (χ0) is 19.9. The summed E-state index contributed by atoms with van der Waals surface area (Å²) in [4.78, 5) is 27.3. The van der Waals surface area contributed by atoms with Gasteiger partial charge in [0.1, 0.15) is 11.5 Å². The molecule has 1 unspecified atom stereocenters. The maximum atomic E-state index is 12.9. The highest BCUT2D eigenvalue weighted by Gasteiger charge is 2.22. The Bertz CT molecular complexity index is 814. The van der Waals surface area contributed by atoms with Crippen molar-refractivity contribution >= 4 is 17.5 Å². The van der Waals surface area contributed by atoms with E-state index in [9.17, 15) is 9.59 Å². The van der Waals surface area contributed by atoms with Gasteiger partial charge in [-0.25, -0.2) is 0 Å². The predicted molar refractivity (Wildman–Crippen MR) is 108 cm³/mol. The first-order chi connectivity index (χ1) is 13.6. The van der Waals surface area contributed by atoms with Gasteiger partial charge in [0.05, 0.1) is 18.4 Å². The Kier molecular flexibility index (Phi) is 6.53. The molecule has 6 heteroatoms. The number of hydrogen-bond acceptors (Lipinski definition) is 4. The van der Waals surface area contributed by atoms with Crippen LogP contribution in [0.3, 0.4) is 0 Å². The molecule has 1 atom stereocenters. The lowest BCUT2D eigenvalue weighted by Crippen LogP contribution is -2.36. The number of methoxy groups -OCH3 is 1. The van der Waals surface area contributed by atoms with Gasteiger partial charge in [-0.2, -0.15) is 0 Å². The van der Waals surface area contributed by atoms with E-state index >= 15 is 0 Å². The fourth-order valence-corrected chi connectivity index (χ4v) is 3.19. The molecule has 2 amide bonds. The van der Waals surface area contributed by atoms with E-state index in [-0.39, 0.29) is 11.8 Å². The number of piperidine rings is 1. The first kappa shape index (κ1) is 19.7. The largest absolute Gasteiger partial charge is 0.497 e. The standard InChI is InChI=1S/C22H26N2O4/c1-16(28-18-12-10-17(27-2)11-13-18)21(25)23-20-9-5-4-8-19(20)22(26)24-14-6-3-7-15-24/h4-5,8-13,16H,3,6-7,14-15H2,1-2H3,(H,23,25). The molecular formula is C22H26N2O4. The summed E-state index contributed by atoms with van der Waals surface area (Å²) >= 11 is 0. The number of anilines is 1. The second kappa shape index (κ2) is 9.26. The number of amides is 2. The highest BCUT2D eigenvalue weighted by molar-refractivity contribution is 6.04. The Morgan fingerprint density at radius 1 is 0.964 bits per heavy atom. The molecule has 1 heterocycles. The summed E-state index contributed by atoms with van der Waals surface area (Å²) in [5, 5.41) is 2.84. The molecule has 148 valence electrons. The van der Waals surface area contributed by atoms with Gasteiger partial charge in [0.15, 0.2) is 6.10 Å². The summed E-state index contributed by atoms with van der Waals surface area (Å²) in [6.45, 7) is 3.20. The normalized spacial score (nSPS) is 14.9. The molecule has 3 rings (SSSR count). The van der Waals surface area contributed by atoms with Crippen LogP contribution in [-0.2, 0) is 4.79 Å². The molecule has 0 saturated carbocycles. The lowest BCUT2D eigenvalue weighted by atomic mass is 10.1. The number of nitrogens with zero attached hydrogens (tertiary/aromatic N) is 1. The number of carbonyl (C=O) groups excluding carboxylic acids is 2. The number of benzene rings is 2. The van der Waals surface area contributed by atoms with Crippen molar-refractivity contribution in [1.82, 2.24) is 4.90 Å². The Balaban J connectivity index is 1.66. The van der Waals surface area contributed by atoms with Crippen LogP contribution in [0.2, 0.25) is 0 Å². The average Bonchev–Trinajstić information content (AvgIpc) is 2.74. The maximum Gasteiger partial charge on any atom is 0.265 e. The van der Waals surface area contributed by atoms with Crippen LogP contribution in [0, 0.1) is 0 Å². The highest BCUT2D eigenvalue weighted by atomic mass is 16.5. The van der Waals surface area contributed by atoms with Gasteiger partial charge in [-0.1, -0.05) is 12.1 Å². The molecule has 1 aliphatic heterocycles. The number of carbonyl (C=O) groups is 2. The van der Waals surface area contributed by atoms with E-state index in [4.69, 9.17) is 9.47 Å². The summed E-state index contributed by atoms with van der Waals surface area (Å²) in [5.74, 6) is 0.935. The Morgan fingerprint density at radius 2 is 1.61 bits per heavy atom. The van der Waals surface area contributed by atoms with Crippen molar-refractivity contribution in [3.63, 3.8) is 0 Å². The molecule has 1 fully saturated rings. The number of hydrogen-bond donors (Lipinski definition) is 1. The molecule has 1 aliphatic rings. The molecule has 1 saturated heterocycles. The van der Waals surface area contributed by atoms with Crippen molar-refractivity contribution in [1.29, 1.82) is 0 Å². The third kappa shape index (κ3) is 4.82. The number of nitrogens with one attached hydrogen (secondary N) is 1. The molecule has 28 heavy (non-hydrogen) atoms. The van der Waals surface area contributed by atoms with Crippen LogP contribution in [-0.4, -0.2) is 43.0 Å². The minimum absolute atomic E-state index is 0.0423. The third-order valence-electron chi connectivity index (χ3n) is 4.80. The van der Waals surface area contributed by atoms with Gasteiger partial charge in [-0.3, -0.25) is 9.59 Å². The van der Waals surface area contributed by atoms with Gasteiger partial charge in [-0.15, -0.1) is 0 Å². The zero-order valence-corrected chi connectivity index (χ0v) is 16.3. The second-order valence-corrected chi connectivity index (χ2v) is 6.82. The van der Waals surface area contributed by atoms with E-state index in [2.05, 4.69) is 5.32 Å². The van der Waals surface area contributed by atoms with Crippen LogP contribution >= 0.6 is 0 Å². The fourth-order valence-electron chi connectivity index (χ4n) is 3.19. The van der Waals surface area contributed by atoms with E-state index in [1.165, 1.54) is 0 Å². The van der Waals surface area contributed by atoms with Gasteiger partial charge < -0.3 is 19.7 Å². The Hall–Kier alpha value is -3.02. The minimum atomic E-state index is -0.716. The molecule has 1 N–H and O–H groups in total. The van der Waals surface area contributed by atoms with Crippen LogP contribution < -0.4 is 14.8 Å². The number of rotatable bonds is 6. The van der Waals surface area contributed by atoms with Crippen LogP contribution in [0.1, 0.15) is 36.5 Å². The van der Waals surface area contributed by atoms with Gasteiger partial charge in [0.25, 0.3) is 11.8 Å². The second-order valence-electron chi connectivity index (χ2n) is 6.82. The average molecular weight is 382 g/mol. The van der Waals surface area contributed by atoms with Gasteiger partial charge in [0.2, 0.25) is 0 Å². The number of ether oxygens (including phenoxy) is 2. The zero-order valence-electron chi connectivity index (χ0n) is 16.3. The number of para-hydroxylation sites is 1. The molecule has 6 nitrogen and oxygen atoms in total. The van der Waals surface area contributed by atoms with Crippen molar-refractivity contribution in [2.45, 2.75) is 32.3 Å². The monoisotopic (exact) mass is 382 g/mol. The topological polar surface area (TPSA) is 67.9 Å². The van der Waals surface area contributed by atoms with Crippen molar-refractivity contribution in [3.05, 3.63) is 54.1 Å². The summed E-state index contributed by atoms with van der Waals surface area (Å²) in [7, 11) is 1.59. The van der Waals surface area contributed by atoms with Gasteiger partial charge in [-0.05, 0) is 62.6 Å². The highest BCUT2D eigenvalue weighted by Crippen LogP contribution is 2.22. The van der Waals surface area contributed by atoms with Crippen LogP contribution in [0.4, 0.5) is 5.69 Å². The Labute approximate surface area is 165 Å². The number of likely N-dealkylation sites (tertiary alicyclic amines) is 1. The molecule has 0 aliphatic carbocycles. The summed E-state index contributed by atoms with van der Waals surface area (Å²) in [6.07, 6.45) is 2.48. The van der Waals surface area contributed by atoms with E-state index in [0.717, 1.165) is 38.1 Å². The first-order valence-electron chi connectivity index (χ1n) is 9.58. The quantitative estimate of drug-likeness (QED) is 0.827. The lowest BCUT2D eigenvalue weighted by molar-refractivity contribution is -0.122. The van der Waals surface area contributed by atoms with Crippen molar-refractivity contribution in [2.75, 3.05) is 25.5 Å². The molecule has 0 spiro atoms. The van der Waals surface area contributed by atoms with Crippen LogP contribution in [0.5, 0.6) is 11.5 Å². The van der Waals surface area contributed by atoms with Crippen molar-refractivity contribution in [3.8, 4) is 11.5 Å². The van der Waals surface area contributed by atoms with Gasteiger partial charge >= 0.3 is 0 Å². The molecular weight excluding hydrogens is 356 g/mol. The van der Waals surface area contributed by atoms with Crippen molar-refractivity contribution in [2.24, 2.45) is 0 Å². The van der Waals surface area contributed by atoms with E-state index in [0.29, 0.717) is 17.0 Å². The molecule has 2 aromatic rings. The molecule has 0 aromatic heterocycles. The third-order valence-corrected chi connectivity index (χ3v) is 4.80. The van der Waals surface area contributed by atoms with Crippen molar-refractivity contribution < 1.29 is 19.1 Å². The summed E-state index contributed by atoms with van der Waals surface area (Å²) in [6, 6.07) is 14.1. The summed E-state index contributed by atoms with van der Waals surface area (Å²) < 4.78 is 10.8.